The van der Waals surface area contributed by atoms with Crippen LogP contribution in [0.2, 0.25) is 0 Å². The third-order valence-electron chi connectivity index (χ3n) is 3.70. The maximum atomic E-state index is 5.84. The van der Waals surface area contributed by atoms with Gasteiger partial charge in [0.05, 0.1) is 5.60 Å². The summed E-state index contributed by atoms with van der Waals surface area (Å²) in [4.78, 5) is 2.37. The molecule has 1 aliphatic heterocycles. The van der Waals surface area contributed by atoms with E-state index in [1.54, 1.807) is 0 Å². The lowest BCUT2D eigenvalue weighted by Crippen LogP contribution is -2.42. The van der Waals surface area contributed by atoms with Crippen LogP contribution in [0, 0.1) is 0 Å². The molecule has 0 aromatic rings. The zero-order valence-electron chi connectivity index (χ0n) is 11.4. The van der Waals surface area contributed by atoms with Crippen LogP contribution < -0.4 is 0 Å². The number of ether oxygens (including phenoxy) is 1. The highest BCUT2D eigenvalue weighted by atomic mass is 16.5. The third-order valence-corrected chi connectivity index (χ3v) is 3.70. The zero-order chi connectivity index (χ0) is 11.9. The van der Waals surface area contributed by atoms with Gasteiger partial charge in [-0.3, -0.25) is 0 Å². The minimum atomic E-state index is 0.169. The third kappa shape index (κ3) is 5.31. The maximum absolute atomic E-state index is 5.84. The fourth-order valence-electron chi connectivity index (χ4n) is 1.83. The van der Waals surface area contributed by atoms with Gasteiger partial charge < -0.3 is 9.64 Å². The van der Waals surface area contributed by atoms with Crippen LogP contribution in [0.1, 0.15) is 58.8 Å². The molecule has 2 nitrogen and oxygen atoms in total. The molecule has 2 rings (SSSR count). The van der Waals surface area contributed by atoms with E-state index in [0.29, 0.717) is 0 Å². The summed E-state index contributed by atoms with van der Waals surface area (Å²) in [5.41, 5.74) is 0.169. The highest BCUT2D eigenvalue weighted by Crippen LogP contribution is 2.24. The lowest BCUT2D eigenvalue weighted by molar-refractivity contribution is -0.0674. The second-order valence-corrected chi connectivity index (χ2v) is 5.52. The van der Waals surface area contributed by atoms with Crippen LogP contribution in [0.25, 0.3) is 0 Å². The molecule has 1 saturated heterocycles. The predicted molar refractivity (Wildman–Crippen MR) is 69.8 cm³/mol. The number of piperidine rings is 1. The molecule has 0 amide bonds. The number of nitrogens with zero attached hydrogens (tertiary/aromatic N) is 1. The molecule has 2 fully saturated rings. The Morgan fingerprint density at radius 3 is 1.94 bits per heavy atom. The van der Waals surface area contributed by atoms with E-state index in [9.17, 15) is 0 Å². The summed E-state index contributed by atoms with van der Waals surface area (Å²) in [7, 11) is 2.18. The van der Waals surface area contributed by atoms with Gasteiger partial charge in [0, 0.05) is 19.7 Å². The van der Waals surface area contributed by atoms with Crippen LogP contribution >= 0.6 is 0 Å². The monoisotopic (exact) mass is 227 g/mol. The molecular formula is C14H29NO. The molecular weight excluding hydrogens is 198 g/mol. The van der Waals surface area contributed by atoms with Gasteiger partial charge in [0.1, 0.15) is 0 Å². The summed E-state index contributed by atoms with van der Waals surface area (Å²) in [6, 6.07) is 0. The van der Waals surface area contributed by atoms with E-state index in [-0.39, 0.29) is 5.60 Å². The van der Waals surface area contributed by atoms with Crippen LogP contribution in [-0.4, -0.2) is 37.2 Å². The molecule has 1 aliphatic carbocycles. The lowest BCUT2D eigenvalue weighted by atomic mass is 9.94. The minimum absolute atomic E-state index is 0.169. The molecule has 0 atom stereocenters. The van der Waals surface area contributed by atoms with Crippen molar-refractivity contribution in [2.24, 2.45) is 0 Å². The number of likely N-dealkylation sites (tertiary alicyclic amines) is 1. The van der Waals surface area contributed by atoms with Gasteiger partial charge in [0.15, 0.2) is 0 Å². The van der Waals surface area contributed by atoms with E-state index < -0.39 is 0 Å². The summed E-state index contributed by atoms with van der Waals surface area (Å²) in [6.45, 7) is 7.69. The molecule has 2 heteroatoms. The van der Waals surface area contributed by atoms with E-state index in [2.05, 4.69) is 25.8 Å². The lowest BCUT2D eigenvalue weighted by Gasteiger charge is -2.37. The van der Waals surface area contributed by atoms with Gasteiger partial charge in [-0.1, -0.05) is 32.6 Å². The predicted octanol–water partition coefficient (Wildman–Crippen LogP) is 3.46. The van der Waals surface area contributed by atoms with Gasteiger partial charge in [-0.2, -0.15) is 0 Å². The SMILES string of the molecule is C1CCC1.CCCOC1(C)CCN(C)CC1. The van der Waals surface area contributed by atoms with Gasteiger partial charge in [-0.15, -0.1) is 0 Å². The fourth-order valence-corrected chi connectivity index (χ4v) is 1.83. The second-order valence-electron chi connectivity index (χ2n) is 5.52. The van der Waals surface area contributed by atoms with Gasteiger partial charge in [-0.25, -0.2) is 0 Å². The first-order valence-electron chi connectivity index (χ1n) is 6.99. The minimum Gasteiger partial charge on any atom is -0.375 e. The quantitative estimate of drug-likeness (QED) is 0.732. The largest absolute Gasteiger partial charge is 0.375 e. The van der Waals surface area contributed by atoms with Crippen molar-refractivity contribution in [2.75, 3.05) is 26.7 Å². The Morgan fingerprint density at radius 2 is 1.56 bits per heavy atom. The molecule has 0 aromatic carbocycles. The van der Waals surface area contributed by atoms with Gasteiger partial charge in [-0.05, 0) is 33.2 Å². The Labute approximate surface area is 101 Å². The Hall–Kier alpha value is -0.0800. The molecule has 1 heterocycles. The van der Waals surface area contributed by atoms with Gasteiger partial charge in [0.2, 0.25) is 0 Å². The van der Waals surface area contributed by atoms with E-state index in [1.165, 1.54) is 51.6 Å². The summed E-state index contributed by atoms with van der Waals surface area (Å²) in [6.07, 6.45) is 9.50. The van der Waals surface area contributed by atoms with E-state index >= 15 is 0 Å². The van der Waals surface area contributed by atoms with Crippen LogP contribution in [0.15, 0.2) is 0 Å². The topological polar surface area (TPSA) is 12.5 Å². The van der Waals surface area contributed by atoms with Crippen LogP contribution in [-0.2, 0) is 4.74 Å². The molecule has 1 saturated carbocycles. The molecule has 16 heavy (non-hydrogen) atoms. The molecule has 0 spiro atoms. The van der Waals surface area contributed by atoms with Crippen molar-refractivity contribution in [1.82, 2.24) is 4.90 Å². The average Bonchev–Trinajstić information content (AvgIpc) is 2.18. The Balaban J connectivity index is 0.000000267. The fraction of sp³-hybridized carbons (Fsp3) is 1.00. The summed E-state index contributed by atoms with van der Waals surface area (Å²) in [5.74, 6) is 0. The van der Waals surface area contributed by atoms with Crippen molar-refractivity contribution in [2.45, 2.75) is 64.4 Å². The molecule has 0 radical (unpaired) electrons. The summed E-state index contributed by atoms with van der Waals surface area (Å²) in [5, 5.41) is 0. The van der Waals surface area contributed by atoms with E-state index in [4.69, 9.17) is 4.74 Å². The number of hydrogen-bond acceptors (Lipinski definition) is 2. The highest BCUT2D eigenvalue weighted by Gasteiger charge is 2.28. The van der Waals surface area contributed by atoms with Gasteiger partial charge >= 0.3 is 0 Å². The van der Waals surface area contributed by atoms with Crippen LogP contribution in [0.4, 0.5) is 0 Å². The van der Waals surface area contributed by atoms with Crippen molar-refractivity contribution >= 4 is 0 Å². The Morgan fingerprint density at radius 1 is 1.06 bits per heavy atom. The van der Waals surface area contributed by atoms with Crippen molar-refractivity contribution in [3.8, 4) is 0 Å². The number of hydrogen-bond donors (Lipinski definition) is 0. The highest BCUT2D eigenvalue weighted by molar-refractivity contribution is 4.82. The smallest absolute Gasteiger partial charge is 0.0678 e. The zero-order valence-corrected chi connectivity index (χ0v) is 11.4. The molecule has 0 unspecified atom stereocenters. The van der Waals surface area contributed by atoms with Crippen molar-refractivity contribution < 1.29 is 4.74 Å². The van der Waals surface area contributed by atoms with Crippen LogP contribution in [0.3, 0.4) is 0 Å². The maximum Gasteiger partial charge on any atom is 0.0678 e. The molecule has 0 N–H and O–H groups in total. The average molecular weight is 227 g/mol. The summed E-state index contributed by atoms with van der Waals surface area (Å²) >= 11 is 0. The molecule has 0 aromatic heterocycles. The first-order valence-corrected chi connectivity index (χ1v) is 6.99. The molecule has 96 valence electrons. The van der Waals surface area contributed by atoms with Crippen molar-refractivity contribution in [3.63, 3.8) is 0 Å². The van der Waals surface area contributed by atoms with Crippen LogP contribution in [0.5, 0.6) is 0 Å². The first kappa shape index (κ1) is 14.0. The van der Waals surface area contributed by atoms with E-state index in [1.807, 2.05) is 0 Å². The first-order chi connectivity index (χ1) is 7.66. The van der Waals surface area contributed by atoms with Crippen molar-refractivity contribution in [1.29, 1.82) is 0 Å². The van der Waals surface area contributed by atoms with Crippen molar-refractivity contribution in [3.05, 3.63) is 0 Å². The van der Waals surface area contributed by atoms with E-state index in [0.717, 1.165) is 13.0 Å². The number of rotatable bonds is 3. The van der Waals surface area contributed by atoms with Gasteiger partial charge in [0.25, 0.3) is 0 Å². The molecule has 2 aliphatic rings. The Kier molecular flexibility index (Phi) is 6.37. The molecule has 0 bridgehead atoms. The Bertz CT molecular complexity index is 160. The standard InChI is InChI=1S/C10H21NO.C4H8/c1-4-9-12-10(2)5-7-11(3)8-6-10;1-2-4-3-1/h4-9H2,1-3H3;1-4H2. The summed E-state index contributed by atoms with van der Waals surface area (Å²) < 4.78 is 5.84. The second kappa shape index (κ2) is 7.29. The normalized spacial score (nSPS) is 24.2.